The second-order valence-corrected chi connectivity index (χ2v) is 6.93. The maximum absolute atomic E-state index is 14.1. The molecule has 0 radical (unpaired) electrons. The predicted octanol–water partition coefficient (Wildman–Crippen LogP) is 6.74. The van der Waals surface area contributed by atoms with E-state index >= 15 is 0 Å². The van der Waals surface area contributed by atoms with Crippen LogP contribution in [0.15, 0.2) is 12.1 Å². The molecule has 26 heavy (non-hydrogen) atoms. The van der Waals surface area contributed by atoms with E-state index in [0.29, 0.717) is 5.92 Å². The van der Waals surface area contributed by atoms with Crippen molar-refractivity contribution in [2.45, 2.75) is 64.9 Å². The number of benzene rings is 1. The van der Waals surface area contributed by atoms with Gasteiger partial charge in [0, 0.05) is 0 Å². The van der Waals surface area contributed by atoms with Gasteiger partial charge in [-0.25, -0.2) is 13.2 Å². The molecule has 0 aliphatic heterocycles. The SMILES string of the molecule is CCOc1ccc(OC(F)(F)CCC2CCC(C)CC2)c(C(F)F)c1F. The van der Waals surface area contributed by atoms with Crippen molar-refractivity contribution in [3.63, 3.8) is 0 Å². The van der Waals surface area contributed by atoms with Gasteiger partial charge in [0.25, 0.3) is 6.43 Å². The molecule has 0 aromatic heterocycles. The third kappa shape index (κ3) is 5.48. The lowest BCUT2D eigenvalue weighted by molar-refractivity contribution is -0.184. The first-order valence-electron chi connectivity index (χ1n) is 9.03. The van der Waals surface area contributed by atoms with Crippen LogP contribution >= 0.6 is 0 Å². The van der Waals surface area contributed by atoms with Gasteiger partial charge >= 0.3 is 6.11 Å². The van der Waals surface area contributed by atoms with E-state index < -0.39 is 41.8 Å². The summed E-state index contributed by atoms with van der Waals surface area (Å²) in [7, 11) is 0. The number of halogens is 5. The summed E-state index contributed by atoms with van der Waals surface area (Å²) in [5.41, 5.74) is -1.19. The fourth-order valence-electron chi connectivity index (χ4n) is 3.32. The molecule has 0 bridgehead atoms. The minimum absolute atomic E-state index is 0.0654. The van der Waals surface area contributed by atoms with Gasteiger partial charge in [-0.3, -0.25) is 0 Å². The predicted molar refractivity (Wildman–Crippen MR) is 88.5 cm³/mol. The van der Waals surface area contributed by atoms with Crippen LogP contribution in [0.2, 0.25) is 0 Å². The minimum Gasteiger partial charge on any atom is -0.491 e. The standard InChI is InChI=1S/C19H25F5O2/c1-3-25-15-9-8-14(16(17(15)20)18(21)22)26-19(23,24)11-10-13-6-4-12(2)5-7-13/h8-9,12-13,18H,3-7,10-11H2,1-2H3. The average molecular weight is 380 g/mol. The van der Waals surface area contributed by atoms with Crippen molar-refractivity contribution in [3.8, 4) is 11.5 Å². The molecule has 1 aliphatic rings. The van der Waals surface area contributed by atoms with Crippen molar-refractivity contribution >= 4 is 0 Å². The third-order valence-electron chi connectivity index (χ3n) is 4.86. The van der Waals surface area contributed by atoms with Gasteiger partial charge in [-0.05, 0) is 37.3 Å². The van der Waals surface area contributed by atoms with Gasteiger partial charge in [0.2, 0.25) is 0 Å². The summed E-state index contributed by atoms with van der Waals surface area (Å²) in [5.74, 6) is -1.81. The molecule has 1 saturated carbocycles. The first-order valence-corrected chi connectivity index (χ1v) is 9.03. The summed E-state index contributed by atoms with van der Waals surface area (Å²) in [5, 5.41) is 0. The highest BCUT2D eigenvalue weighted by Crippen LogP contribution is 2.40. The molecule has 1 fully saturated rings. The van der Waals surface area contributed by atoms with Crippen LogP contribution in [0.25, 0.3) is 0 Å². The number of alkyl halides is 4. The van der Waals surface area contributed by atoms with Crippen molar-refractivity contribution in [2.24, 2.45) is 11.8 Å². The van der Waals surface area contributed by atoms with Gasteiger partial charge in [-0.1, -0.05) is 32.6 Å². The molecule has 148 valence electrons. The summed E-state index contributed by atoms with van der Waals surface area (Å²) in [6.45, 7) is 3.77. The van der Waals surface area contributed by atoms with E-state index in [4.69, 9.17) is 4.74 Å². The Morgan fingerprint density at radius 1 is 1.12 bits per heavy atom. The van der Waals surface area contributed by atoms with Crippen LogP contribution in [0.5, 0.6) is 11.5 Å². The topological polar surface area (TPSA) is 18.5 Å². The summed E-state index contributed by atoms with van der Waals surface area (Å²) in [6, 6.07) is 1.93. The second kappa shape index (κ2) is 8.91. The smallest absolute Gasteiger partial charge is 0.397 e. The van der Waals surface area contributed by atoms with Crippen LogP contribution in [0, 0.1) is 17.7 Å². The fourth-order valence-corrected chi connectivity index (χ4v) is 3.32. The first-order chi connectivity index (χ1) is 12.2. The average Bonchev–Trinajstić information content (AvgIpc) is 2.56. The van der Waals surface area contributed by atoms with Gasteiger partial charge in [-0.2, -0.15) is 8.78 Å². The highest BCUT2D eigenvalue weighted by Gasteiger charge is 2.36. The number of hydrogen-bond acceptors (Lipinski definition) is 2. The zero-order chi connectivity index (χ0) is 19.3. The van der Waals surface area contributed by atoms with E-state index in [-0.39, 0.29) is 18.9 Å². The molecule has 0 N–H and O–H groups in total. The largest absolute Gasteiger partial charge is 0.491 e. The number of rotatable bonds is 8. The fraction of sp³-hybridized carbons (Fsp3) is 0.684. The van der Waals surface area contributed by atoms with E-state index in [9.17, 15) is 22.0 Å². The Morgan fingerprint density at radius 2 is 1.73 bits per heavy atom. The van der Waals surface area contributed by atoms with Crippen LogP contribution < -0.4 is 9.47 Å². The van der Waals surface area contributed by atoms with E-state index in [0.717, 1.165) is 37.8 Å². The molecule has 0 spiro atoms. The highest BCUT2D eigenvalue weighted by molar-refractivity contribution is 5.43. The molecule has 7 heteroatoms. The summed E-state index contributed by atoms with van der Waals surface area (Å²) < 4.78 is 78.2. The van der Waals surface area contributed by atoms with Gasteiger partial charge in [0.05, 0.1) is 18.6 Å². The van der Waals surface area contributed by atoms with Crippen LogP contribution in [0.4, 0.5) is 22.0 Å². The Kier molecular flexibility index (Phi) is 7.12. The molecule has 0 atom stereocenters. The molecular weight excluding hydrogens is 355 g/mol. The number of hydrogen-bond donors (Lipinski definition) is 0. The molecule has 1 aliphatic carbocycles. The van der Waals surface area contributed by atoms with E-state index in [1.54, 1.807) is 6.92 Å². The highest BCUT2D eigenvalue weighted by atomic mass is 19.3. The van der Waals surface area contributed by atoms with Crippen molar-refractivity contribution in [1.82, 2.24) is 0 Å². The van der Waals surface area contributed by atoms with Gasteiger partial charge in [-0.15, -0.1) is 0 Å². The Labute approximate surface area is 150 Å². The molecular formula is C19H25F5O2. The lowest BCUT2D eigenvalue weighted by Crippen LogP contribution is -2.27. The van der Waals surface area contributed by atoms with Crippen LogP contribution in [0.1, 0.15) is 64.4 Å². The molecule has 2 nitrogen and oxygen atoms in total. The van der Waals surface area contributed by atoms with E-state index in [1.165, 1.54) is 0 Å². The monoisotopic (exact) mass is 380 g/mol. The molecule has 0 saturated heterocycles. The number of ether oxygens (including phenoxy) is 2. The third-order valence-corrected chi connectivity index (χ3v) is 4.86. The molecule has 0 amide bonds. The Balaban J connectivity index is 2.06. The Bertz CT molecular complexity index is 584. The summed E-state index contributed by atoms with van der Waals surface area (Å²) >= 11 is 0. The molecule has 0 unspecified atom stereocenters. The summed E-state index contributed by atoms with van der Waals surface area (Å²) in [4.78, 5) is 0. The molecule has 2 rings (SSSR count). The van der Waals surface area contributed by atoms with Crippen molar-refractivity contribution in [2.75, 3.05) is 6.61 Å². The van der Waals surface area contributed by atoms with Crippen LogP contribution in [-0.4, -0.2) is 12.7 Å². The summed E-state index contributed by atoms with van der Waals surface area (Å²) in [6.07, 6.45) is -3.46. The Hall–Kier alpha value is -1.53. The van der Waals surface area contributed by atoms with Gasteiger partial charge in [0.15, 0.2) is 11.6 Å². The van der Waals surface area contributed by atoms with Gasteiger partial charge in [0.1, 0.15) is 5.75 Å². The molecule has 1 aromatic carbocycles. The Morgan fingerprint density at radius 3 is 2.31 bits per heavy atom. The maximum atomic E-state index is 14.1. The van der Waals surface area contributed by atoms with Crippen LogP contribution in [0.3, 0.4) is 0 Å². The van der Waals surface area contributed by atoms with E-state index in [2.05, 4.69) is 11.7 Å². The van der Waals surface area contributed by atoms with Crippen molar-refractivity contribution < 1.29 is 31.4 Å². The van der Waals surface area contributed by atoms with Crippen molar-refractivity contribution in [3.05, 3.63) is 23.5 Å². The maximum Gasteiger partial charge on any atom is 0.397 e. The second-order valence-electron chi connectivity index (χ2n) is 6.93. The zero-order valence-corrected chi connectivity index (χ0v) is 15.0. The normalized spacial score (nSPS) is 21.1. The first kappa shape index (κ1) is 20.8. The van der Waals surface area contributed by atoms with Crippen molar-refractivity contribution in [1.29, 1.82) is 0 Å². The minimum atomic E-state index is -3.63. The molecule has 1 aromatic rings. The van der Waals surface area contributed by atoms with Crippen LogP contribution in [-0.2, 0) is 0 Å². The van der Waals surface area contributed by atoms with Gasteiger partial charge < -0.3 is 9.47 Å². The lowest BCUT2D eigenvalue weighted by Gasteiger charge is -2.28. The molecule has 0 heterocycles. The van der Waals surface area contributed by atoms with E-state index in [1.807, 2.05) is 0 Å². The zero-order valence-electron chi connectivity index (χ0n) is 15.0. The lowest BCUT2D eigenvalue weighted by atomic mass is 9.81. The quantitative estimate of drug-likeness (QED) is 0.465.